The van der Waals surface area contributed by atoms with E-state index in [1.165, 1.54) is 7.11 Å². The molecule has 1 unspecified atom stereocenters. The van der Waals surface area contributed by atoms with Gasteiger partial charge in [-0.2, -0.15) is 0 Å². The van der Waals surface area contributed by atoms with Gasteiger partial charge in [-0.25, -0.2) is 0 Å². The minimum absolute atomic E-state index is 0.230. The van der Waals surface area contributed by atoms with E-state index >= 15 is 0 Å². The van der Waals surface area contributed by atoms with Gasteiger partial charge in [0, 0.05) is 6.61 Å². The van der Waals surface area contributed by atoms with Gasteiger partial charge in [0.25, 0.3) is 11.8 Å². The van der Waals surface area contributed by atoms with Crippen LogP contribution in [-0.4, -0.2) is 38.2 Å². The minimum atomic E-state index is -0.486. The van der Waals surface area contributed by atoms with Crippen molar-refractivity contribution < 1.29 is 23.8 Å². The van der Waals surface area contributed by atoms with Crippen molar-refractivity contribution in [3.63, 3.8) is 0 Å². The van der Waals surface area contributed by atoms with Gasteiger partial charge in [0.15, 0.2) is 18.1 Å². The zero-order chi connectivity index (χ0) is 15.1. The lowest BCUT2D eigenvalue weighted by molar-refractivity contribution is -0.135. The van der Waals surface area contributed by atoms with Crippen molar-refractivity contribution in [1.82, 2.24) is 10.9 Å². The van der Waals surface area contributed by atoms with Crippen LogP contribution in [0.3, 0.4) is 0 Å². The Balaban J connectivity index is 1.73. The van der Waals surface area contributed by atoms with Gasteiger partial charge in [-0.15, -0.1) is 0 Å². The number of methoxy groups -OCH3 is 1. The molecule has 0 spiro atoms. The second kappa shape index (κ2) is 7.49. The van der Waals surface area contributed by atoms with E-state index in [2.05, 4.69) is 10.9 Å². The maximum atomic E-state index is 11.6. The predicted octanol–water partition coefficient (Wildman–Crippen LogP) is 0.400. The Bertz CT molecular complexity index is 500. The van der Waals surface area contributed by atoms with Crippen LogP contribution >= 0.6 is 0 Å². The molecule has 1 aliphatic rings. The lowest BCUT2D eigenvalue weighted by atomic mass is 10.2. The summed E-state index contributed by atoms with van der Waals surface area (Å²) in [7, 11) is 1.52. The zero-order valence-corrected chi connectivity index (χ0v) is 11.8. The first-order valence-corrected chi connectivity index (χ1v) is 6.67. The molecule has 2 N–H and O–H groups in total. The topological polar surface area (TPSA) is 85.9 Å². The van der Waals surface area contributed by atoms with E-state index in [1.807, 2.05) is 0 Å². The largest absolute Gasteiger partial charge is 0.493 e. The summed E-state index contributed by atoms with van der Waals surface area (Å²) in [4.78, 5) is 23.2. The van der Waals surface area contributed by atoms with Crippen LogP contribution in [0.4, 0.5) is 0 Å². The summed E-state index contributed by atoms with van der Waals surface area (Å²) in [5.41, 5.74) is 4.60. The number of hydrogen-bond donors (Lipinski definition) is 2. The maximum absolute atomic E-state index is 11.6. The molecule has 1 aliphatic heterocycles. The van der Waals surface area contributed by atoms with Gasteiger partial charge in [0.1, 0.15) is 6.10 Å². The van der Waals surface area contributed by atoms with Gasteiger partial charge in [-0.3, -0.25) is 20.4 Å². The Labute approximate surface area is 122 Å². The van der Waals surface area contributed by atoms with Crippen LogP contribution in [0, 0.1) is 0 Å². The van der Waals surface area contributed by atoms with Crippen molar-refractivity contribution in [2.75, 3.05) is 20.3 Å². The SMILES string of the molecule is COc1ccccc1OCC(=O)NNC(=O)C1CCCO1. The summed E-state index contributed by atoms with van der Waals surface area (Å²) in [6.07, 6.45) is 1.03. The third kappa shape index (κ3) is 4.35. The highest BCUT2D eigenvalue weighted by Crippen LogP contribution is 2.25. The van der Waals surface area contributed by atoms with Crippen molar-refractivity contribution in [2.24, 2.45) is 0 Å². The molecule has 1 heterocycles. The highest BCUT2D eigenvalue weighted by atomic mass is 16.5. The number of benzene rings is 1. The molecule has 1 aromatic carbocycles. The summed E-state index contributed by atoms with van der Waals surface area (Å²) in [5.74, 6) is 0.180. The standard InChI is InChI=1S/C14H18N2O5/c1-19-10-5-2-3-6-11(10)21-9-13(17)15-16-14(18)12-7-4-8-20-12/h2-3,5-6,12H,4,7-9H2,1H3,(H,15,17)(H,16,18). The molecule has 2 rings (SSSR count). The smallest absolute Gasteiger partial charge is 0.276 e. The van der Waals surface area contributed by atoms with E-state index in [0.29, 0.717) is 24.5 Å². The second-order valence-electron chi connectivity index (χ2n) is 4.48. The summed E-state index contributed by atoms with van der Waals surface area (Å²) in [5, 5.41) is 0. The third-order valence-corrected chi connectivity index (χ3v) is 2.98. The summed E-state index contributed by atoms with van der Waals surface area (Å²) in [6.45, 7) is 0.342. The molecule has 7 nitrogen and oxygen atoms in total. The highest BCUT2D eigenvalue weighted by molar-refractivity contribution is 5.85. The number of carbonyl (C=O) groups is 2. The normalized spacial score (nSPS) is 17.1. The average molecular weight is 294 g/mol. The number of amides is 2. The zero-order valence-electron chi connectivity index (χ0n) is 11.8. The van der Waals surface area contributed by atoms with Crippen LogP contribution in [0.25, 0.3) is 0 Å². The first-order chi connectivity index (χ1) is 10.2. The van der Waals surface area contributed by atoms with Gasteiger partial charge in [-0.1, -0.05) is 12.1 Å². The van der Waals surface area contributed by atoms with Crippen LogP contribution in [0.1, 0.15) is 12.8 Å². The van der Waals surface area contributed by atoms with Crippen molar-refractivity contribution in [2.45, 2.75) is 18.9 Å². The van der Waals surface area contributed by atoms with Gasteiger partial charge in [0.2, 0.25) is 0 Å². The summed E-state index contributed by atoms with van der Waals surface area (Å²) in [6, 6.07) is 6.99. The van der Waals surface area contributed by atoms with Crippen molar-refractivity contribution in [3.05, 3.63) is 24.3 Å². The highest BCUT2D eigenvalue weighted by Gasteiger charge is 2.23. The van der Waals surface area contributed by atoms with E-state index in [4.69, 9.17) is 14.2 Å². The Kier molecular flexibility index (Phi) is 5.39. The Hall–Kier alpha value is -2.28. The second-order valence-corrected chi connectivity index (χ2v) is 4.48. The van der Waals surface area contributed by atoms with Crippen LogP contribution in [0.2, 0.25) is 0 Å². The van der Waals surface area contributed by atoms with E-state index < -0.39 is 12.0 Å². The van der Waals surface area contributed by atoms with Gasteiger partial charge < -0.3 is 14.2 Å². The Morgan fingerprint density at radius 1 is 1.29 bits per heavy atom. The van der Waals surface area contributed by atoms with Crippen LogP contribution in [0.5, 0.6) is 11.5 Å². The number of ether oxygens (including phenoxy) is 3. The molecule has 1 atom stereocenters. The average Bonchev–Trinajstić information content (AvgIpc) is 3.05. The van der Waals surface area contributed by atoms with E-state index in [0.717, 1.165) is 6.42 Å². The number of carbonyl (C=O) groups excluding carboxylic acids is 2. The number of hydrogen-bond acceptors (Lipinski definition) is 5. The fourth-order valence-electron chi connectivity index (χ4n) is 1.91. The lowest BCUT2D eigenvalue weighted by Crippen LogP contribution is -2.47. The Morgan fingerprint density at radius 2 is 2.05 bits per heavy atom. The molecule has 7 heteroatoms. The Morgan fingerprint density at radius 3 is 2.71 bits per heavy atom. The van der Waals surface area contributed by atoms with E-state index in [9.17, 15) is 9.59 Å². The fraction of sp³-hybridized carbons (Fsp3) is 0.429. The lowest BCUT2D eigenvalue weighted by Gasteiger charge is -2.12. The van der Waals surface area contributed by atoms with Crippen molar-refractivity contribution in [1.29, 1.82) is 0 Å². The minimum Gasteiger partial charge on any atom is -0.493 e. The molecule has 21 heavy (non-hydrogen) atoms. The first-order valence-electron chi connectivity index (χ1n) is 6.67. The molecule has 0 radical (unpaired) electrons. The van der Waals surface area contributed by atoms with Gasteiger partial charge in [0.05, 0.1) is 7.11 Å². The molecule has 1 fully saturated rings. The van der Waals surface area contributed by atoms with Crippen molar-refractivity contribution in [3.8, 4) is 11.5 Å². The molecule has 2 amide bonds. The quantitative estimate of drug-likeness (QED) is 0.768. The molecule has 0 aliphatic carbocycles. The third-order valence-electron chi connectivity index (χ3n) is 2.98. The molecule has 0 bridgehead atoms. The van der Waals surface area contributed by atoms with Crippen LogP contribution in [-0.2, 0) is 14.3 Å². The molecule has 1 saturated heterocycles. The summed E-state index contributed by atoms with van der Waals surface area (Å²) >= 11 is 0. The predicted molar refractivity (Wildman–Crippen MR) is 73.7 cm³/mol. The van der Waals surface area contributed by atoms with Gasteiger partial charge in [-0.05, 0) is 25.0 Å². The molecular formula is C14H18N2O5. The first kappa shape index (κ1) is 15.1. The summed E-state index contributed by atoms with van der Waals surface area (Å²) < 4.78 is 15.6. The van der Waals surface area contributed by atoms with Crippen LogP contribution in [0.15, 0.2) is 24.3 Å². The molecule has 0 aromatic heterocycles. The fourth-order valence-corrected chi connectivity index (χ4v) is 1.91. The molecule has 0 saturated carbocycles. The van der Waals surface area contributed by atoms with Gasteiger partial charge >= 0.3 is 0 Å². The molecular weight excluding hydrogens is 276 g/mol. The number of nitrogens with one attached hydrogen (secondary N) is 2. The number of hydrazine groups is 1. The van der Waals surface area contributed by atoms with E-state index in [-0.39, 0.29) is 12.5 Å². The van der Waals surface area contributed by atoms with E-state index in [1.54, 1.807) is 24.3 Å². The van der Waals surface area contributed by atoms with Crippen LogP contribution < -0.4 is 20.3 Å². The number of rotatable bonds is 5. The van der Waals surface area contributed by atoms with Crippen molar-refractivity contribution >= 4 is 11.8 Å². The molecule has 114 valence electrons. The monoisotopic (exact) mass is 294 g/mol. The number of para-hydroxylation sites is 2. The molecule has 1 aromatic rings. The maximum Gasteiger partial charge on any atom is 0.276 e.